The first-order chi connectivity index (χ1) is 8.74. The summed E-state index contributed by atoms with van der Waals surface area (Å²) >= 11 is 0. The molecule has 1 aromatic heterocycles. The van der Waals surface area contributed by atoms with Gasteiger partial charge in [-0.05, 0) is 30.7 Å². The molecule has 1 atom stereocenters. The van der Waals surface area contributed by atoms with Crippen molar-refractivity contribution in [3.63, 3.8) is 0 Å². The van der Waals surface area contributed by atoms with Crippen molar-refractivity contribution in [1.82, 2.24) is 4.98 Å². The van der Waals surface area contributed by atoms with E-state index in [0.717, 1.165) is 11.1 Å². The number of aryl methyl sites for hydroxylation is 1. The molecule has 2 heterocycles. The minimum Gasteiger partial charge on any atom is -0.434 e. The Morgan fingerprint density at radius 1 is 1.28 bits per heavy atom. The summed E-state index contributed by atoms with van der Waals surface area (Å²) < 4.78 is 5.29. The first-order valence-corrected chi connectivity index (χ1v) is 5.73. The summed E-state index contributed by atoms with van der Waals surface area (Å²) in [5.41, 5.74) is 2.57. The average molecular weight is 240 g/mol. The number of nitrogens with one attached hydrogen (secondary N) is 1. The van der Waals surface area contributed by atoms with Crippen molar-refractivity contribution in [3.05, 3.63) is 59.3 Å². The van der Waals surface area contributed by atoms with Crippen LogP contribution in [0.15, 0.2) is 42.6 Å². The van der Waals surface area contributed by atoms with E-state index >= 15 is 0 Å². The van der Waals surface area contributed by atoms with E-state index in [2.05, 4.69) is 10.3 Å². The summed E-state index contributed by atoms with van der Waals surface area (Å²) in [6, 6.07) is 11.2. The molecule has 0 aliphatic carbocycles. The van der Waals surface area contributed by atoms with Gasteiger partial charge in [-0.3, -0.25) is 0 Å². The molecule has 2 aromatic rings. The van der Waals surface area contributed by atoms with E-state index in [-0.39, 0.29) is 5.97 Å². The second kappa shape index (κ2) is 4.14. The highest BCUT2D eigenvalue weighted by Crippen LogP contribution is 2.30. The van der Waals surface area contributed by atoms with Crippen molar-refractivity contribution in [2.45, 2.75) is 13.2 Å². The molecule has 90 valence electrons. The number of anilines is 1. The molecule has 1 aliphatic rings. The molecule has 0 saturated carbocycles. The average Bonchev–Trinajstić information content (AvgIpc) is 2.67. The van der Waals surface area contributed by atoms with Crippen molar-refractivity contribution >= 4 is 11.8 Å². The van der Waals surface area contributed by atoms with Crippen LogP contribution in [-0.4, -0.2) is 11.0 Å². The van der Waals surface area contributed by atoms with Gasteiger partial charge in [-0.1, -0.05) is 18.2 Å². The van der Waals surface area contributed by atoms with Gasteiger partial charge in [0, 0.05) is 11.8 Å². The van der Waals surface area contributed by atoms with Crippen LogP contribution >= 0.6 is 0 Å². The van der Waals surface area contributed by atoms with E-state index in [1.165, 1.54) is 0 Å². The Labute approximate surface area is 105 Å². The number of carbonyl (C=O) groups excluding carboxylic acids is 1. The smallest absolute Gasteiger partial charge is 0.340 e. The Kier molecular flexibility index (Phi) is 2.48. The lowest BCUT2D eigenvalue weighted by Crippen LogP contribution is -2.11. The number of rotatable bonds is 2. The highest BCUT2D eigenvalue weighted by molar-refractivity contribution is 5.94. The van der Waals surface area contributed by atoms with E-state index in [4.69, 9.17) is 4.74 Å². The van der Waals surface area contributed by atoms with Crippen molar-refractivity contribution in [2.75, 3.05) is 5.32 Å². The molecule has 0 amide bonds. The Morgan fingerprint density at radius 2 is 2.11 bits per heavy atom. The predicted molar refractivity (Wildman–Crippen MR) is 67.2 cm³/mol. The maximum absolute atomic E-state index is 11.7. The zero-order valence-electron chi connectivity index (χ0n) is 9.88. The number of ether oxygens (including phenoxy) is 1. The maximum atomic E-state index is 11.7. The SMILES string of the molecule is Cc1ccnc(N[C@@H]2OC(=O)c3ccccc32)c1. The fourth-order valence-electron chi connectivity index (χ4n) is 2.00. The fraction of sp³-hybridized carbons (Fsp3) is 0.143. The number of hydrogen-bond donors (Lipinski definition) is 1. The summed E-state index contributed by atoms with van der Waals surface area (Å²) in [7, 11) is 0. The molecular formula is C14H12N2O2. The van der Waals surface area contributed by atoms with Crippen molar-refractivity contribution in [1.29, 1.82) is 0 Å². The molecule has 1 aliphatic heterocycles. The normalized spacial score (nSPS) is 17.2. The van der Waals surface area contributed by atoms with Crippen LogP contribution in [0.1, 0.15) is 27.7 Å². The van der Waals surface area contributed by atoms with Crippen LogP contribution in [0.25, 0.3) is 0 Å². The number of aromatic nitrogens is 1. The number of esters is 1. The molecule has 3 rings (SSSR count). The van der Waals surface area contributed by atoms with Crippen molar-refractivity contribution in [3.8, 4) is 0 Å². The molecule has 0 radical (unpaired) electrons. The number of pyridine rings is 1. The van der Waals surface area contributed by atoms with Crippen LogP contribution in [0.4, 0.5) is 5.82 Å². The fourth-order valence-corrected chi connectivity index (χ4v) is 2.00. The zero-order valence-corrected chi connectivity index (χ0v) is 9.88. The second-order valence-corrected chi connectivity index (χ2v) is 4.24. The van der Waals surface area contributed by atoms with Gasteiger partial charge >= 0.3 is 5.97 Å². The first-order valence-electron chi connectivity index (χ1n) is 5.73. The van der Waals surface area contributed by atoms with Crippen LogP contribution in [0.3, 0.4) is 0 Å². The molecule has 1 N–H and O–H groups in total. The van der Waals surface area contributed by atoms with Crippen LogP contribution in [0.5, 0.6) is 0 Å². The third-order valence-corrected chi connectivity index (χ3v) is 2.88. The zero-order chi connectivity index (χ0) is 12.5. The number of hydrogen-bond acceptors (Lipinski definition) is 4. The Bertz CT molecular complexity index is 610. The van der Waals surface area contributed by atoms with E-state index in [9.17, 15) is 4.79 Å². The number of nitrogens with zero attached hydrogens (tertiary/aromatic N) is 1. The quantitative estimate of drug-likeness (QED) is 0.820. The number of carbonyl (C=O) groups is 1. The van der Waals surface area contributed by atoms with Crippen LogP contribution in [0, 0.1) is 6.92 Å². The summed E-state index contributed by atoms with van der Waals surface area (Å²) in [6.45, 7) is 1.99. The molecule has 0 unspecified atom stereocenters. The summed E-state index contributed by atoms with van der Waals surface area (Å²) in [4.78, 5) is 15.8. The Hall–Kier alpha value is -2.36. The number of cyclic esters (lactones) is 1. The summed E-state index contributed by atoms with van der Waals surface area (Å²) in [5, 5.41) is 3.11. The van der Waals surface area contributed by atoms with Gasteiger partial charge in [-0.15, -0.1) is 0 Å². The van der Waals surface area contributed by atoms with Gasteiger partial charge in [-0.25, -0.2) is 9.78 Å². The summed E-state index contributed by atoms with van der Waals surface area (Å²) in [6.07, 6.45) is 1.27. The van der Waals surface area contributed by atoms with Gasteiger partial charge < -0.3 is 10.1 Å². The van der Waals surface area contributed by atoms with E-state index in [0.29, 0.717) is 11.4 Å². The molecule has 0 spiro atoms. The van der Waals surface area contributed by atoms with E-state index < -0.39 is 6.23 Å². The van der Waals surface area contributed by atoms with Gasteiger partial charge in [0.1, 0.15) is 5.82 Å². The van der Waals surface area contributed by atoms with Crippen LogP contribution in [-0.2, 0) is 4.74 Å². The van der Waals surface area contributed by atoms with E-state index in [1.54, 1.807) is 12.3 Å². The molecule has 1 aromatic carbocycles. The molecule has 0 saturated heterocycles. The topological polar surface area (TPSA) is 51.2 Å². The maximum Gasteiger partial charge on any atom is 0.340 e. The first kappa shape index (κ1) is 10.8. The highest BCUT2D eigenvalue weighted by Gasteiger charge is 2.30. The lowest BCUT2D eigenvalue weighted by atomic mass is 10.1. The minimum atomic E-state index is -0.456. The Balaban J connectivity index is 1.90. The van der Waals surface area contributed by atoms with Crippen molar-refractivity contribution < 1.29 is 9.53 Å². The minimum absolute atomic E-state index is 0.296. The standard InChI is InChI=1S/C14H12N2O2/c1-9-6-7-15-12(8-9)16-13-10-4-2-3-5-11(10)14(17)18-13/h2-8,13H,1H3,(H,15,16)/t13-/m1/s1. The molecular weight excluding hydrogens is 228 g/mol. The highest BCUT2D eigenvalue weighted by atomic mass is 16.6. The predicted octanol–water partition coefficient (Wildman–Crippen LogP) is 2.67. The van der Waals surface area contributed by atoms with Crippen molar-refractivity contribution in [2.24, 2.45) is 0 Å². The number of fused-ring (bicyclic) bond motifs is 1. The molecule has 18 heavy (non-hydrogen) atoms. The number of benzene rings is 1. The van der Waals surface area contributed by atoms with Gasteiger partial charge in [0.25, 0.3) is 0 Å². The lowest BCUT2D eigenvalue weighted by molar-refractivity contribution is 0.0436. The second-order valence-electron chi connectivity index (χ2n) is 4.24. The van der Waals surface area contributed by atoms with E-state index in [1.807, 2.05) is 37.3 Å². The Morgan fingerprint density at radius 3 is 2.94 bits per heavy atom. The van der Waals surface area contributed by atoms with Crippen LogP contribution in [0.2, 0.25) is 0 Å². The molecule has 0 bridgehead atoms. The largest absolute Gasteiger partial charge is 0.434 e. The lowest BCUT2D eigenvalue weighted by Gasteiger charge is -2.13. The van der Waals surface area contributed by atoms with Gasteiger partial charge in [0.15, 0.2) is 0 Å². The molecule has 4 heteroatoms. The molecule has 4 nitrogen and oxygen atoms in total. The summed E-state index contributed by atoms with van der Waals surface area (Å²) in [5.74, 6) is 0.403. The molecule has 0 fully saturated rings. The van der Waals surface area contributed by atoms with Gasteiger partial charge in [-0.2, -0.15) is 0 Å². The monoisotopic (exact) mass is 240 g/mol. The van der Waals surface area contributed by atoms with Gasteiger partial charge in [0.05, 0.1) is 5.56 Å². The van der Waals surface area contributed by atoms with Crippen LogP contribution < -0.4 is 5.32 Å². The third kappa shape index (κ3) is 1.82. The third-order valence-electron chi connectivity index (χ3n) is 2.88. The van der Waals surface area contributed by atoms with Gasteiger partial charge in [0.2, 0.25) is 6.23 Å².